The van der Waals surface area contributed by atoms with Crippen LogP contribution in [-0.2, 0) is 0 Å². The van der Waals surface area contributed by atoms with E-state index in [0.29, 0.717) is 39.4 Å². The maximum atomic E-state index is 12.9. The van der Waals surface area contributed by atoms with Gasteiger partial charge in [-0.25, -0.2) is 9.97 Å². The summed E-state index contributed by atoms with van der Waals surface area (Å²) in [5, 5.41) is 8.45. The monoisotopic (exact) mass is 424 g/mol. The van der Waals surface area contributed by atoms with Crippen LogP contribution in [0, 0.1) is 6.92 Å². The fourth-order valence-corrected chi connectivity index (χ4v) is 4.15. The summed E-state index contributed by atoms with van der Waals surface area (Å²) >= 11 is 2.98. The van der Waals surface area contributed by atoms with E-state index in [1.807, 2.05) is 30.7 Å². The molecule has 29 heavy (non-hydrogen) atoms. The predicted octanol–water partition coefficient (Wildman–Crippen LogP) is 4.38. The number of hydrogen-bond acceptors (Lipinski definition) is 6. The third kappa shape index (κ3) is 4.49. The van der Waals surface area contributed by atoms with Crippen LogP contribution in [0.2, 0.25) is 0 Å². The Bertz CT molecular complexity index is 1050. The van der Waals surface area contributed by atoms with Gasteiger partial charge in [0.2, 0.25) is 0 Å². The molecule has 2 N–H and O–H groups in total. The molecule has 1 aromatic carbocycles. The van der Waals surface area contributed by atoms with Crippen molar-refractivity contribution in [2.24, 2.45) is 0 Å². The van der Waals surface area contributed by atoms with Gasteiger partial charge in [-0.2, -0.15) is 0 Å². The van der Waals surface area contributed by atoms with E-state index in [1.54, 1.807) is 35.6 Å². The Morgan fingerprint density at radius 1 is 1.10 bits per heavy atom. The highest BCUT2D eigenvalue weighted by molar-refractivity contribution is 7.98. The zero-order valence-electron chi connectivity index (χ0n) is 16.1. The number of aromatic nitrogens is 2. The first kappa shape index (κ1) is 19.6. The highest BCUT2D eigenvalue weighted by atomic mass is 32.2. The number of rotatable bonds is 6. The van der Waals surface area contributed by atoms with Crippen molar-refractivity contribution in [3.05, 3.63) is 58.6 Å². The normalized spacial score (nSPS) is 13.2. The van der Waals surface area contributed by atoms with Crippen LogP contribution in [0.15, 0.2) is 46.8 Å². The minimum atomic E-state index is -0.264. The molecule has 3 aromatic rings. The summed E-state index contributed by atoms with van der Waals surface area (Å²) in [5.41, 5.74) is 2.30. The average molecular weight is 425 g/mol. The lowest BCUT2D eigenvalue weighted by Crippen LogP contribution is -2.25. The molecule has 0 unspecified atom stereocenters. The molecule has 0 spiro atoms. The number of anilines is 1. The number of carbonyl (C=O) groups excluding carboxylic acids is 2. The third-order valence-electron chi connectivity index (χ3n) is 4.54. The average Bonchev–Trinajstić information content (AvgIpc) is 3.36. The number of benzene rings is 1. The van der Waals surface area contributed by atoms with Crippen molar-refractivity contribution in [2.45, 2.75) is 30.8 Å². The smallest absolute Gasteiger partial charge is 0.260 e. The van der Waals surface area contributed by atoms with Crippen molar-refractivity contribution in [3.63, 3.8) is 0 Å². The van der Waals surface area contributed by atoms with E-state index in [4.69, 9.17) is 0 Å². The Balaban J connectivity index is 1.52. The van der Waals surface area contributed by atoms with Gasteiger partial charge in [-0.15, -0.1) is 23.1 Å². The highest BCUT2D eigenvalue weighted by Crippen LogP contribution is 2.28. The maximum absolute atomic E-state index is 12.9. The number of aryl methyl sites for hydroxylation is 1. The topological polar surface area (TPSA) is 84.0 Å². The fourth-order valence-electron chi connectivity index (χ4n) is 2.87. The number of hydrogen-bond donors (Lipinski definition) is 2. The molecule has 4 rings (SSSR count). The molecule has 148 valence electrons. The first-order valence-electron chi connectivity index (χ1n) is 9.24. The minimum absolute atomic E-state index is 0.0801. The summed E-state index contributed by atoms with van der Waals surface area (Å²) in [5.74, 6) is 0.285. The number of nitrogens with one attached hydrogen (secondary N) is 2. The lowest BCUT2D eigenvalue weighted by molar-refractivity contribution is 0.0950. The molecule has 1 fully saturated rings. The van der Waals surface area contributed by atoms with Gasteiger partial charge in [-0.05, 0) is 61.7 Å². The Kier molecular flexibility index (Phi) is 5.64. The van der Waals surface area contributed by atoms with E-state index in [9.17, 15) is 9.59 Å². The van der Waals surface area contributed by atoms with E-state index in [0.717, 1.165) is 17.7 Å². The molecule has 0 saturated heterocycles. The predicted molar refractivity (Wildman–Crippen MR) is 117 cm³/mol. The van der Waals surface area contributed by atoms with Crippen molar-refractivity contribution in [3.8, 4) is 10.7 Å². The first-order valence-corrected chi connectivity index (χ1v) is 11.3. The molecule has 0 aliphatic heterocycles. The van der Waals surface area contributed by atoms with E-state index in [-0.39, 0.29) is 11.8 Å². The van der Waals surface area contributed by atoms with Gasteiger partial charge in [0.15, 0.2) is 5.82 Å². The first-order chi connectivity index (χ1) is 14.0. The van der Waals surface area contributed by atoms with Crippen LogP contribution >= 0.6 is 23.1 Å². The lowest BCUT2D eigenvalue weighted by Gasteiger charge is -2.12. The summed E-state index contributed by atoms with van der Waals surface area (Å²) < 4.78 is 0. The molecule has 1 saturated carbocycles. The molecule has 1 aliphatic carbocycles. The summed E-state index contributed by atoms with van der Waals surface area (Å²) in [7, 11) is 0. The van der Waals surface area contributed by atoms with Gasteiger partial charge in [-0.3, -0.25) is 9.59 Å². The molecule has 2 amide bonds. The second-order valence-electron chi connectivity index (χ2n) is 6.77. The van der Waals surface area contributed by atoms with Gasteiger partial charge in [0.1, 0.15) is 5.03 Å². The molecule has 0 radical (unpaired) electrons. The number of carbonyl (C=O) groups is 2. The van der Waals surface area contributed by atoms with Gasteiger partial charge in [0.25, 0.3) is 11.8 Å². The molecule has 1 aliphatic rings. The van der Waals surface area contributed by atoms with Crippen LogP contribution in [-0.4, -0.2) is 34.1 Å². The summed E-state index contributed by atoms with van der Waals surface area (Å²) in [6, 6.07) is 11.1. The molecule has 2 aromatic heterocycles. The molecule has 2 heterocycles. The Labute approximate surface area is 177 Å². The Morgan fingerprint density at radius 2 is 1.86 bits per heavy atom. The number of thioether (sulfide) groups is 1. The summed E-state index contributed by atoms with van der Waals surface area (Å²) in [6.45, 7) is 1.82. The van der Waals surface area contributed by atoms with Crippen LogP contribution in [0.4, 0.5) is 5.69 Å². The van der Waals surface area contributed by atoms with Crippen LogP contribution in [0.25, 0.3) is 10.7 Å². The second kappa shape index (κ2) is 8.34. The standard InChI is InChI=1S/C21H20N4O2S2/c1-12-17(21(28-2)25-18(22-12)16-4-3-11-29-16)20(27)24-14-7-5-13(6-8-14)19(26)23-15-9-10-15/h3-8,11,15H,9-10H2,1-2H3,(H,23,26)(H,24,27). The number of amides is 2. The lowest BCUT2D eigenvalue weighted by atomic mass is 10.1. The Morgan fingerprint density at radius 3 is 2.48 bits per heavy atom. The minimum Gasteiger partial charge on any atom is -0.349 e. The van der Waals surface area contributed by atoms with Crippen molar-refractivity contribution < 1.29 is 9.59 Å². The van der Waals surface area contributed by atoms with Crippen LogP contribution < -0.4 is 10.6 Å². The second-order valence-corrected chi connectivity index (χ2v) is 8.52. The highest BCUT2D eigenvalue weighted by Gasteiger charge is 2.24. The maximum Gasteiger partial charge on any atom is 0.260 e. The third-order valence-corrected chi connectivity index (χ3v) is 6.08. The van der Waals surface area contributed by atoms with E-state index >= 15 is 0 Å². The number of nitrogens with zero attached hydrogens (tertiary/aromatic N) is 2. The molecule has 0 atom stereocenters. The van der Waals surface area contributed by atoms with Crippen molar-refractivity contribution in [1.29, 1.82) is 0 Å². The van der Waals surface area contributed by atoms with E-state index in [1.165, 1.54) is 11.8 Å². The van der Waals surface area contributed by atoms with Gasteiger partial charge >= 0.3 is 0 Å². The van der Waals surface area contributed by atoms with Gasteiger partial charge < -0.3 is 10.6 Å². The van der Waals surface area contributed by atoms with Gasteiger partial charge in [0.05, 0.1) is 16.1 Å². The zero-order valence-corrected chi connectivity index (χ0v) is 17.7. The van der Waals surface area contributed by atoms with E-state index < -0.39 is 0 Å². The summed E-state index contributed by atoms with van der Waals surface area (Å²) in [4.78, 5) is 35.1. The quantitative estimate of drug-likeness (QED) is 0.453. The number of thiophene rings is 1. The van der Waals surface area contributed by atoms with Crippen molar-refractivity contribution in [2.75, 3.05) is 11.6 Å². The molecular formula is C21H20N4O2S2. The van der Waals surface area contributed by atoms with Gasteiger partial charge in [0, 0.05) is 17.3 Å². The fraction of sp³-hybridized carbons (Fsp3) is 0.238. The van der Waals surface area contributed by atoms with Crippen molar-refractivity contribution >= 4 is 40.6 Å². The molecule has 6 nitrogen and oxygen atoms in total. The largest absolute Gasteiger partial charge is 0.349 e. The van der Waals surface area contributed by atoms with Gasteiger partial charge in [-0.1, -0.05) is 6.07 Å². The SMILES string of the molecule is CSc1nc(-c2cccs2)nc(C)c1C(=O)Nc1ccc(C(=O)NC2CC2)cc1. The molecule has 8 heteroatoms. The summed E-state index contributed by atoms with van der Waals surface area (Å²) in [6.07, 6.45) is 3.98. The van der Waals surface area contributed by atoms with Crippen molar-refractivity contribution in [1.82, 2.24) is 15.3 Å². The zero-order chi connectivity index (χ0) is 20.4. The van der Waals surface area contributed by atoms with Crippen LogP contribution in [0.3, 0.4) is 0 Å². The molecule has 0 bridgehead atoms. The van der Waals surface area contributed by atoms with Crippen LogP contribution in [0.1, 0.15) is 39.3 Å². The Hall–Kier alpha value is -2.71. The van der Waals surface area contributed by atoms with Crippen LogP contribution in [0.5, 0.6) is 0 Å². The molecular weight excluding hydrogens is 404 g/mol. The van der Waals surface area contributed by atoms with E-state index in [2.05, 4.69) is 20.6 Å².